The fourth-order valence-corrected chi connectivity index (χ4v) is 1.75. The van der Waals surface area contributed by atoms with Gasteiger partial charge in [-0.2, -0.15) is 21.6 Å². The van der Waals surface area contributed by atoms with Crippen molar-refractivity contribution in [3.05, 3.63) is 40.4 Å². The third kappa shape index (κ3) is 2.46. The molecule has 1 rings (SSSR count). The Morgan fingerprint density at radius 1 is 1.18 bits per heavy atom. The predicted octanol–water partition coefficient (Wildman–Crippen LogP) is 1.53. The topological polar surface area (TPSA) is 80.5 Å². The van der Waals surface area contributed by atoms with E-state index in [0.29, 0.717) is 0 Å². The molecule has 17 heavy (non-hydrogen) atoms. The van der Waals surface area contributed by atoms with E-state index in [1.54, 1.807) is 0 Å². The Morgan fingerprint density at radius 3 is 2.00 bits per heavy atom. The summed E-state index contributed by atoms with van der Waals surface area (Å²) in [6.45, 7) is 0. The van der Waals surface area contributed by atoms with E-state index in [9.17, 15) is 31.7 Å². The minimum Gasteiger partial charge on any atom is -0.233 e. The standard InChI is InChI=1S/C7H5F3N2O4S/c8-7(9,10)17(15,16)11(12(13)14)6-4-2-1-3-5-6/h1-5H. The molecule has 0 radical (unpaired) electrons. The highest BCUT2D eigenvalue weighted by Gasteiger charge is 2.55. The Kier molecular flexibility index (Phi) is 3.27. The van der Waals surface area contributed by atoms with Gasteiger partial charge in [0.05, 0.1) is 0 Å². The molecule has 0 aliphatic carbocycles. The fraction of sp³-hybridized carbons (Fsp3) is 0.143. The first-order valence-electron chi connectivity index (χ1n) is 3.99. The zero-order chi connectivity index (χ0) is 13.3. The van der Waals surface area contributed by atoms with E-state index in [0.717, 1.165) is 12.1 Å². The van der Waals surface area contributed by atoms with Crippen molar-refractivity contribution in [3.8, 4) is 0 Å². The van der Waals surface area contributed by atoms with Crippen LogP contribution in [-0.4, -0.2) is 19.0 Å². The van der Waals surface area contributed by atoms with Gasteiger partial charge in [-0.1, -0.05) is 18.2 Å². The van der Waals surface area contributed by atoms with Gasteiger partial charge in [0, 0.05) is 4.41 Å². The zero-order valence-corrected chi connectivity index (χ0v) is 8.77. The normalized spacial score (nSPS) is 12.2. The van der Waals surface area contributed by atoms with Crippen LogP contribution in [0.4, 0.5) is 18.9 Å². The number of nitro groups is 1. The lowest BCUT2D eigenvalue weighted by atomic mass is 10.3. The van der Waals surface area contributed by atoms with Crippen molar-refractivity contribution in [1.29, 1.82) is 0 Å². The summed E-state index contributed by atoms with van der Waals surface area (Å²) in [5.74, 6) is 0. The third-order valence-electron chi connectivity index (χ3n) is 1.65. The lowest BCUT2D eigenvalue weighted by Crippen LogP contribution is -2.44. The number of rotatable bonds is 3. The molecular formula is C7H5F3N2O4S. The molecule has 94 valence electrons. The quantitative estimate of drug-likeness (QED) is 0.616. The summed E-state index contributed by atoms with van der Waals surface area (Å²) in [5.41, 5.74) is -6.44. The van der Waals surface area contributed by atoms with Gasteiger partial charge in [-0.25, -0.2) is 10.1 Å². The number of hydrazine groups is 1. The van der Waals surface area contributed by atoms with E-state index in [1.165, 1.54) is 18.2 Å². The first-order chi connectivity index (χ1) is 7.68. The average Bonchev–Trinajstić information content (AvgIpc) is 2.16. The Balaban J connectivity index is 3.36. The lowest BCUT2D eigenvalue weighted by Gasteiger charge is -2.15. The van der Waals surface area contributed by atoms with Crippen LogP contribution < -0.4 is 4.41 Å². The smallest absolute Gasteiger partial charge is 0.233 e. The number of sulfonamides is 1. The molecule has 0 spiro atoms. The Morgan fingerprint density at radius 2 is 1.65 bits per heavy atom. The molecule has 0 atom stereocenters. The van der Waals surface area contributed by atoms with Gasteiger partial charge < -0.3 is 0 Å². The molecule has 0 saturated heterocycles. The number of hydrogen-bond donors (Lipinski definition) is 0. The maximum atomic E-state index is 12.2. The SMILES string of the molecule is O=[N+]([O-])N(c1ccccc1)S(=O)(=O)C(F)(F)F. The number of alkyl halides is 3. The molecule has 0 aliphatic heterocycles. The van der Waals surface area contributed by atoms with Crippen LogP contribution in [0, 0.1) is 10.1 Å². The lowest BCUT2D eigenvalue weighted by molar-refractivity contribution is -0.475. The number of para-hydroxylation sites is 1. The fourth-order valence-electron chi connectivity index (χ4n) is 0.974. The number of hydrogen-bond acceptors (Lipinski definition) is 4. The van der Waals surface area contributed by atoms with Crippen LogP contribution >= 0.6 is 0 Å². The van der Waals surface area contributed by atoms with E-state index in [4.69, 9.17) is 0 Å². The van der Waals surface area contributed by atoms with Gasteiger partial charge in [-0.05, 0) is 12.1 Å². The van der Waals surface area contributed by atoms with Gasteiger partial charge in [0.25, 0.3) is 0 Å². The number of anilines is 1. The van der Waals surface area contributed by atoms with E-state index < -0.39 is 30.7 Å². The molecule has 0 fully saturated rings. The van der Waals surface area contributed by atoms with E-state index in [2.05, 4.69) is 0 Å². The molecule has 0 bridgehead atoms. The molecular weight excluding hydrogens is 265 g/mol. The molecule has 0 N–H and O–H groups in total. The maximum absolute atomic E-state index is 12.2. The number of nitrogens with zero attached hydrogens (tertiary/aromatic N) is 2. The van der Waals surface area contributed by atoms with Crippen molar-refractivity contribution in [2.75, 3.05) is 4.41 Å². The van der Waals surface area contributed by atoms with Crippen molar-refractivity contribution in [1.82, 2.24) is 0 Å². The van der Waals surface area contributed by atoms with Crippen LogP contribution in [0.2, 0.25) is 0 Å². The zero-order valence-electron chi connectivity index (χ0n) is 7.96. The van der Waals surface area contributed by atoms with Gasteiger partial charge in [0.15, 0.2) is 5.03 Å². The second kappa shape index (κ2) is 4.20. The predicted molar refractivity (Wildman–Crippen MR) is 50.9 cm³/mol. The van der Waals surface area contributed by atoms with Crippen LogP contribution in [-0.2, 0) is 10.0 Å². The number of benzene rings is 1. The van der Waals surface area contributed by atoms with Crippen LogP contribution in [0.25, 0.3) is 0 Å². The molecule has 0 aromatic heterocycles. The Bertz CT molecular complexity index is 514. The highest BCUT2D eigenvalue weighted by Crippen LogP contribution is 2.30. The summed E-state index contributed by atoms with van der Waals surface area (Å²) in [5, 5.41) is 8.80. The first kappa shape index (κ1) is 13.2. The molecule has 0 saturated carbocycles. The van der Waals surface area contributed by atoms with Crippen molar-refractivity contribution in [2.24, 2.45) is 0 Å². The summed E-state index contributed by atoms with van der Waals surface area (Å²) in [7, 11) is -6.06. The molecule has 0 unspecified atom stereocenters. The van der Waals surface area contributed by atoms with Crippen molar-refractivity contribution in [3.63, 3.8) is 0 Å². The van der Waals surface area contributed by atoms with E-state index >= 15 is 0 Å². The van der Waals surface area contributed by atoms with Gasteiger partial charge in [0.2, 0.25) is 0 Å². The highest BCUT2D eigenvalue weighted by molar-refractivity contribution is 7.93. The van der Waals surface area contributed by atoms with Crippen molar-refractivity contribution < 1.29 is 26.6 Å². The van der Waals surface area contributed by atoms with Gasteiger partial charge in [0.1, 0.15) is 5.69 Å². The van der Waals surface area contributed by atoms with Gasteiger partial charge in [-0.15, -0.1) is 0 Å². The largest absolute Gasteiger partial charge is 0.522 e. The van der Waals surface area contributed by atoms with Crippen LogP contribution in [0.3, 0.4) is 0 Å². The third-order valence-corrected chi connectivity index (χ3v) is 3.03. The van der Waals surface area contributed by atoms with E-state index in [-0.39, 0.29) is 0 Å². The minimum atomic E-state index is -6.06. The molecule has 0 aliphatic rings. The highest BCUT2D eigenvalue weighted by atomic mass is 32.2. The second-order valence-corrected chi connectivity index (χ2v) is 4.53. The summed E-state index contributed by atoms with van der Waals surface area (Å²) in [6.07, 6.45) is 0. The first-order valence-corrected chi connectivity index (χ1v) is 5.43. The molecule has 0 heterocycles. The summed E-state index contributed by atoms with van der Waals surface area (Å²) in [6, 6.07) is 5.50. The molecule has 10 heteroatoms. The second-order valence-electron chi connectivity index (χ2n) is 2.77. The van der Waals surface area contributed by atoms with Crippen LogP contribution in [0.1, 0.15) is 0 Å². The number of halogens is 3. The van der Waals surface area contributed by atoms with Crippen molar-refractivity contribution >= 4 is 15.7 Å². The monoisotopic (exact) mass is 270 g/mol. The molecule has 6 nitrogen and oxygen atoms in total. The summed E-state index contributed by atoms with van der Waals surface area (Å²) < 4.78 is 57.6. The molecule has 1 aromatic rings. The molecule has 1 aromatic carbocycles. The van der Waals surface area contributed by atoms with Crippen LogP contribution in [0.15, 0.2) is 30.3 Å². The minimum absolute atomic E-state index is 0.699. The van der Waals surface area contributed by atoms with Crippen molar-refractivity contribution in [2.45, 2.75) is 5.51 Å². The van der Waals surface area contributed by atoms with Gasteiger partial charge >= 0.3 is 15.5 Å². The van der Waals surface area contributed by atoms with Crippen LogP contribution in [0.5, 0.6) is 0 Å². The summed E-state index contributed by atoms with van der Waals surface area (Å²) >= 11 is 0. The van der Waals surface area contributed by atoms with E-state index in [1.807, 2.05) is 0 Å². The summed E-state index contributed by atoms with van der Waals surface area (Å²) in [4.78, 5) is 10.4. The van der Waals surface area contributed by atoms with Gasteiger partial charge in [-0.3, -0.25) is 0 Å². The maximum Gasteiger partial charge on any atom is 0.522 e. The molecule has 0 amide bonds. The Labute approximate surface area is 93.4 Å². The Hall–Kier alpha value is -1.84. The average molecular weight is 270 g/mol.